The molecule has 8 heteroatoms. The molecular formula is C23H25ClN4O3. The third-order valence-electron chi connectivity index (χ3n) is 5.86. The summed E-state index contributed by atoms with van der Waals surface area (Å²) in [7, 11) is 0. The molecule has 1 aliphatic heterocycles. The van der Waals surface area contributed by atoms with Crippen molar-refractivity contribution in [2.45, 2.75) is 20.0 Å². The van der Waals surface area contributed by atoms with Gasteiger partial charge in [-0.1, -0.05) is 42.8 Å². The summed E-state index contributed by atoms with van der Waals surface area (Å²) in [5.41, 5.74) is 0.719. The van der Waals surface area contributed by atoms with Gasteiger partial charge in [0.05, 0.1) is 17.6 Å². The highest BCUT2D eigenvalue weighted by molar-refractivity contribution is 6.30. The molecule has 1 fully saturated rings. The summed E-state index contributed by atoms with van der Waals surface area (Å²) in [6.45, 7) is 6.07. The number of hydrogen-bond acceptors (Lipinski definition) is 4. The number of aromatic nitrogens is 2. The third kappa shape index (κ3) is 4.43. The first kappa shape index (κ1) is 21.3. The first-order valence-corrected chi connectivity index (χ1v) is 10.8. The highest BCUT2D eigenvalue weighted by Gasteiger charge is 2.22. The molecule has 2 aromatic carbocycles. The number of benzene rings is 2. The number of halogens is 1. The number of carbonyl (C=O) groups is 1. The van der Waals surface area contributed by atoms with Gasteiger partial charge in [0.2, 0.25) is 5.91 Å². The SMILES string of the molecule is CCN1CCN(C(=O)Cn2c(=O)c(=O)n(Cc3ccc(Cl)cc3)c3ccccc32)CC1. The van der Waals surface area contributed by atoms with E-state index >= 15 is 0 Å². The molecule has 0 radical (unpaired) electrons. The van der Waals surface area contributed by atoms with Gasteiger partial charge in [0.25, 0.3) is 0 Å². The van der Waals surface area contributed by atoms with E-state index in [1.807, 2.05) is 18.2 Å². The Morgan fingerprint density at radius 1 is 0.871 bits per heavy atom. The summed E-state index contributed by atoms with van der Waals surface area (Å²) in [4.78, 5) is 42.9. The number of likely N-dealkylation sites (N-methyl/N-ethyl adjacent to an activating group) is 1. The zero-order valence-electron chi connectivity index (χ0n) is 17.5. The lowest BCUT2D eigenvalue weighted by Crippen LogP contribution is -2.50. The van der Waals surface area contributed by atoms with Crippen LogP contribution in [0.15, 0.2) is 58.1 Å². The summed E-state index contributed by atoms with van der Waals surface area (Å²) in [6, 6.07) is 14.4. The van der Waals surface area contributed by atoms with Crippen molar-refractivity contribution in [1.82, 2.24) is 18.9 Å². The minimum absolute atomic E-state index is 0.136. The lowest BCUT2D eigenvalue weighted by Gasteiger charge is -2.34. The van der Waals surface area contributed by atoms with Crippen molar-refractivity contribution in [3.8, 4) is 0 Å². The van der Waals surface area contributed by atoms with Gasteiger partial charge in [-0.25, -0.2) is 0 Å². The fraction of sp³-hybridized carbons (Fsp3) is 0.348. The molecule has 1 amide bonds. The second-order valence-corrected chi connectivity index (χ2v) is 8.15. The predicted molar refractivity (Wildman–Crippen MR) is 122 cm³/mol. The minimum Gasteiger partial charge on any atom is -0.339 e. The van der Waals surface area contributed by atoms with Gasteiger partial charge in [0.15, 0.2) is 0 Å². The molecule has 4 rings (SSSR count). The number of rotatable bonds is 5. The molecule has 0 bridgehead atoms. The van der Waals surface area contributed by atoms with Crippen LogP contribution in [0, 0.1) is 0 Å². The van der Waals surface area contributed by atoms with Crippen LogP contribution in [-0.2, 0) is 17.9 Å². The monoisotopic (exact) mass is 440 g/mol. The van der Waals surface area contributed by atoms with E-state index in [0.29, 0.717) is 29.1 Å². The summed E-state index contributed by atoms with van der Waals surface area (Å²) >= 11 is 5.96. The highest BCUT2D eigenvalue weighted by atomic mass is 35.5. The topological polar surface area (TPSA) is 67.5 Å². The first-order valence-electron chi connectivity index (χ1n) is 10.4. The maximum atomic E-state index is 13.0. The molecule has 0 saturated carbocycles. The molecule has 1 saturated heterocycles. The Morgan fingerprint density at radius 3 is 2.06 bits per heavy atom. The second kappa shape index (κ2) is 9.08. The highest BCUT2D eigenvalue weighted by Crippen LogP contribution is 2.15. The Morgan fingerprint density at radius 2 is 1.45 bits per heavy atom. The van der Waals surface area contributed by atoms with Gasteiger partial charge in [0.1, 0.15) is 6.54 Å². The van der Waals surface area contributed by atoms with Gasteiger partial charge in [-0.2, -0.15) is 0 Å². The molecule has 7 nitrogen and oxygen atoms in total. The van der Waals surface area contributed by atoms with Crippen LogP contribution in [0.3, 0.4) is 0 Å². The summed E-state index contributed by atoms with van der Waals surface area (Å²) in [5.74, 6) is -0.141. The number of piperazine rings is 1. The Bertz CT molecular complexity index is 1210. The maximum absolute atomic E-state index is 13.0. The lowest BCUT2D eigenvalue weighted by atomic mass is 10.2. The molecule has 1 aromatic heterocycles. The molecule has 0 atom stereocenters. The van der Waals surface area contributed by atoms with Crippen LogP contribution in [-0.4, -0.2) is 57.6 Å². The third-order valence-corrected chi connectivity index (χ3v) is 6.11. The van der Waals surface area contributed by atoms with E-state index in [1.54, 1.807) is 35.2 Å². The van der Waals surface area contributed by atoms with E-state index in [4.69, 9.17) is 11.6 Å². The van der Waals surface area contributed by atoms with E-state index in [1.165, 1.54) is 9.13 Å². The molecule has 0 spiro atoms. The standard InChI is InChI=1S/C23H25ClN4O3/c1-2-25-11-13-26(14-12-25)21(29)16-28-20-6-4-3-5-19(20)27(22(30)23(28)31)15-17-7-9-18(24)10-8-17/h3-10H,2,11-16H2,1H3. The van der Waals surface area contributed by atoms with Gasteiger partial charge >= 0.3 is 11.1 Å². The average molecular weight is 441 g/mol. The smallest absolute Gasteiger partial charge is 0.317 e. The molecule has 162 valence electrons. The normalized spacial score (nSPS) is 14.8. The van der Waals surface area contributed by atoms with Gasteiger partial charge in [-0.15, -0.1) is 0 Å². The van der Waals surface area contributed by atoms with E-state index in [-0.39, 0.29) is 19.0 Å². The molecule has 1 aliphatic rings. The number of para-hydroxylation sites is 2. The second-order valence-electron chi connectivity index (χ2n) is 7.71. The van der Waals surface area contributed by atoms with Crippen molar-refractivity contribution in [1.29, 1.82) is 0 Å². The van der Waals surface area contributed by atoms with Crippen molar-refractivity contribution in [2.75, 3.05) is 32.7 Å². The summed E-state index contributed by atoms with van der Waals surface area (Å²) < 4.78 is 2.77. The Hall–Kier alpha value is -2.90. The number of fused-ring (bicyclic) bond motifs is 1. The molecule has 0 aliphatic carbocycles. The molecule has 3 aromatic rings. The van der Waals surface area contributed by atoms with Crippen LogP contribution >= 0.6 is 11.6 Å². The maximum Gasteiger partial charge on any atom is 0.317 e. The fourth-order valence-corrected chi connectivity index (χ4v) is 4.13. The zero-order valence-corrected chi connectivity index (χ0v) is 18.2. The molecule has 0 unspecified atom stereocenters. The van der Waals surface area contributed by atoms with Gasteiger partial charge in [-0.05, 0) is 36.4 Å². The summed E-state index contributed by atoms with van der Waals surface area (Å²) in [5, 5.41) is 0.606. The van der Waals surface area contributed by atoms with Crippen molar-refractivity contribution < 1.29 is 4.79 Å². The largest absolute Gasteiger partial charge is 0.339 e. The number of nitrogens with zero attached hydrogens (tertiary/aromatic N) is 4. The van der Waals surface area contributed by atoms with Crippen LogP contribution < -0.4 is 11.1 Å². The molecule has 2 heterocycles. The van der Waals surface area contributed by atoms with Crippen LogP contribution in [0.5, 0.6) is 0 Å². The average Bonchev–Trinajstić information content (AvgIpc) is 2.80. The van der Waals surface area contributed by atoms with Crippen LogP contribution in [0.1, 0.15) is 12.5 Å². The van der Waals surface area contributed by atoms with Crippen molar-refractivity contribution >= 4 is 28.5 Å². The first-order chi connectivity index (χ1) is 15.0. The van der Waals surface area contributed by atoms with E-state index < -0.39 is 11.1 Å². The van der Waals surface area contributed by atoms with E-state index in [2.05, 4.69) is 11.8 Å². The quantitative estimate of drug-likeness (QED) is 0.569. The van der Waals surface area contributed by atoms with E-state index in [0.717, 1.165) is 25.2 Å². The predicted octanol–water partition coefficient (Wildman–Crippen LogP) is 2.03. The van der Waals surface area contributed by atoms with Crippen LogP contribution in [0.2, 0.25) is 5.02 Å². The minimum atomic E-state index is -0.687. The Balaban J connectivity index is 1.68. The van der Waals surface area contributed by atoms with Crippen molar-refractivity contribution in [3.05, 3.63) is 79.8 Å². The van der Waals surface area contributed by atoms with Gasteiger partial charge < -0.3 is 9.80 Å². The van der Waals surface area contributed by atoms with Crippen molar-refractivity contribution in [3.63, 3.8) is 0 Å². The molecule has 0 N–H and O–H groups in total. The van der Waals surface area contributed by atoms with Crippen LogP contribution in [0.4, 0.5) is 0 Å². The van der Waals surface area contributed by atoms with Gasteiger partial charge in [0, 0.05) is 31.2 Å². The number of carbonyl (C=O) groups excluding carboxylic acids is 1. The Labute approximate surface area is 185 Å². The van der Waals surface area contributed by atoms with Crippen molar-refractivity contribution in [2.24, 2.45) is 0 Å². The van der Waals surface area contributed by atoms with E-state index in [9.17, 15) is 14.4 Å². The zero-order chi connectivity index (χ0) is 22.0. The van der Waals surface area contributed by atoms with Gasteiger partial charge in [-0.3, -0.25) is 23.5 Å². The number of amides is 1. The molecular weight excluding hydrogens is 416 g/mol. The Kier molecular flexibility index (Phi) is 6.25. The van der Waals surface area contributed by atoms with Crippen LogP contribution in [0.25, 0.3) is 11.0 Å². The molecule has 31 heavy (non-hydrogen) atoms. The number of hydrogen-bond donors (Lipinski definition) is 0. The summed E-state index contributed by atoms with van der Waals surface area (Å²) in [6.07, 6.45) is 0. The fourth-order valence-electron chi connectivity index (χ4n) is 4.01. The lowest BCUT2D eigenvalue weighted by molar-refractivity contribution is -0.133.